The van der Waals surface area contributed by atoms with E-state index in [0.29, 0.717) is 17.2 Å². The Morgan fingerprint density at radius 1 is 1.38 bits per heavy atom. The lowest BCUT2D eigenvalue weighted by atomic mass is 10.0. The number of anilines is 1. The first-order valence-electron chi connectivity index (χ1n) is 8.69. The maximum atomic E-state index is 12.5. The quantitative estimate of drug-likeness (QED) is 0.598. The van der Waals surface area contributed by atoms with E-state index in [1.165, 1.54) is 17.4 Å². The second-order valence-electron chi connectivity index (χ2n) is 5.89. The van der Waals surface area contributed by atoms with Crippen LogP contribution < -0.4 is 5.32 Å². The summed E-state index contributed by atoms with van der Waals surface area (Å²) in [5.74, 6) is -0.595. The van der Waals surface area contributed by atoms with Gasteiger partial charge in [-0.05, 0) is 43.0 Å². The fourth-order valence-corrected chi connectivity index (χ4v) is 4.83. The Morgan fingerprint density at radius 3 is 2.92 bits per heavy atom. The highest BCUT2D eigenvalue weighted by Gasteiger charge is 2.28. The van der Waals surface area contributed by atoms with E-state index in [9.17, 15) is 9.59 Å². The third-order valence-corrected chi connectivity index (χ3v) is 6.21. The van der Waals surface area contributed by atoms with E-state index in [0.717, 1.165) is 41.4 Å². The minimum atomic E-state index is -0.354. The van der Waals surface area contributed by atoms with Crippen molar-refractivity contribution in [3.63, 3.8) is 0 Å². The monoisotopic (exact) mass is 390 g/mol. The molecule has 7 heteroatoms. The van der Waals surface area contributed by atoms with E-state index in [1.807, 2.05) is 17.5 Å². The van der Waals surface area contributed by atoms with Crippen LogP contribution in [0.25, 0.3) is 6.08 Å². The van der Waals surface area contributed by atoms with Gasteiger partial charge in [-0.25, -0.2) is 4.79 Å². The van der Waals surface area contributed by atoms with Gasteiger partial charge >= 0.3 is 5.97 Å². The Balaban J connectivity index is 1.84. The van der Waals surface area contributed by atoms with E-state index in [4.69, 9.17) is 4.74 Å². The fourth-order valence-electron chi connectivity index (χ4n) is 2.93. The molecule has 2 aromatic rings. The fraction of sp³-hybridized carbons (Fsp3) is 0.368. The average molecular weight is 391 g/mol. The highest BCUT2D eigenvalue weighted by Crippen LogP contribution is 2.37. The van der Waals surface area contributed by atoms with Crippen LogP contribution >= 0.6 is 22.7 Å². The Hall–Kier alpha value is -1.96. The molecule has 2 aromatic heterocycles. The molecular weight excluding hydrogens is 368 g/mol. The maximum absolute atomic E-state index is 12.5. The van der Waals surface area contributed by atoms with Crippen LogP contribution in [0.5, 0.6) is 0 Å². The summed E-state index contributed by atoms with van der Waals surface area (Å²) >= 11 is 3.05. The number of likely N-dealkylation sites (N-methyl/N-ethyl adjacent to an activating group) is 1. The van der Waals surface area contributed by atoms with Gasteiger partial charge in [-0.15, -0.1) is 22.7 Å². The number of thiophene rings is 2. The van der Waals surface area contributed by atoms with Crippen LogP contribution in [0, 0.1) is 0 Å². The van der Waals surface area contributed by atoms with Crippen LogP contribution in [0.3, 0.4) is 0 Å². The SMILES string of the molecule is CCOC(=O)c1c(NC(=O)C=Cc2cccs2)sc2c1CCN(CC)C2. The van der Waals surface area contributed by atoms with Crippen molar-refractivity contribution in [2.75, 3.05) is 25.0 Å². The molecule has 0 fully saturated rings. The summed E-state index contributed by atoms with van der Waals surface area (Å²) in [5.41, 5.74) is 1.55. The number of nitrogens with zero attached hydrogens (tertiary/aromatic N) is 1. The summed E-state index contributed by atoms with van der Waals surface area (Å²) in [5, 5.41) is 5.43. The highest BCUT2D eigenvalue weighted by atomic mass is 32.1. The molecule has 0 aromatic carbocycles. The molecule has 0 saturated carbocycles. The van der Waals surface area contributed by atoms with Gasteiger partial charge in [0.05, 0.1) is 12.2 Å². The second-order valence-corrected chi connectivity index (χ2v) is 7.97. The number of hydrogen-bond donors (Lipinski definition) is 1. The molecule has 3 heterocycles. The third kappa shape index (κ3) is 4.23. The smallest absolute Gasteiger partial charge is 0.341 e. The van der Waals surface area contributed by atoms with Crippen molar-refractivity contribution in [1.82, 2.24) is 4.90 Å². The molecule has 1 N–H and O–H groups in total. The summed E-state index contributed by atoms with van der Waals surface area (Å²) in [6.07, 6.45) is 4.07. The van der Waals surface area contributed by atoms with E-state index in [-0.39, 0.29) is 11.9 Å². The Labute approximate surface area is 161 Å². The second kappa shape index (κ2) is 8.62. The molecule has 1 aliphatic heterocycles. The Bertz CT molecular complexity index is 809. The van der Waals surface area contributed by atoms with Crippen LogP contribution in [0.4, 0.5) is 5.00 Å². The number of rotatable bonds is 6. The predicted octanol–water partition coefficient (Wildman–Crippen LogP) is 4.02. The zero-order valence-corrected chi connectivity index (χ0v) is 16.5. The van der Waals surface area contributed by atoms with Gasteiger partial charge in [0.2, 0.25) is 5.91 Å². The summed E-state index contributed by atoms with van der Waals surface area (Å²) in [7, 11) is 0. The Morgan fingerprint density at radius 2 is 2.23 bits per heavy atom. The van der Waals surface area contributed by atoms with Gasteiger partial charge in [0, 0.05) is 28.9 Å². The number of ether oxygens (including phenoxy) is 1. The minimum Gasteiger partial charge on any atom is -0.462 e. The number of fused-ring (bicyclic) bond motifs is 1. The number of carbonyl (C=O) groups excluding carboxylic acids is 2. The van der Waals surface area contributed by atoms with Gasteiger partial charge in [0.1, 0.15) is 5.00 Å². The molecule has 0 unspecified atom stereocenters. The molecule has 5 nitrogen and oxygen atoms in total. The van der Waals surface area contributed by atoms with Gasteiger partial charge in [-0.3, -0.25) is 9.69 Å². The summed E-state index contributed by atoms with van der Waals surface area (Å²) in [6.45, 7) is 6.93. The molecule has 0 bridgehead atoms. The van der Waals surface area contributed by atoms with Crippen molar-refractivity contribution in [2.45, 2.75) is 26.8 Å². The number of hydrogen-bond acceptors (Lipinski definition) is 6. The lowest BCUT2D eigenvalue weighted by molar-refractivity contribution is -0.111. The number of esters is 1. The zero-order chi connectivity index (χ0) is 18.5. The molecule has 1 amide bonds. The van der Waals surface area contributed by atoms with Gasteiger partial charge in [-0.1, -0.05) is 13.0 Å². The van der Waals surface area contributed by atoms with Gasteiger partial charge in [0.15, 0.2) is 0 Å². The third-order valence-electron chi connectivity index (χ3n) is 4.24. The summed E-state index contributed by atoms with van der Waals surface area (Å²) < 4.78 is 5.23. The van der Waals surface area contributed by atoms with Crippen molar-refractivity contribution in [1.29, 1.82) is 0 Å². The summed E-state index contributed by atoms with van der Waals surface area (Å²) in [4.78, 5) is 29.3. The first-order chi connectivity index (χ1) is 12.6. The number of amides is 1. The van der Waals surface area contributed by atoms with Crippen molar-refractivity contribution in [3.8, 4) is 0 Å². The largest absolute Gasteiger partial charge is 0.462 e. The molecule has 0 aliphatic carbocycles. The maximum Gasteiger partial charge on any atom is 0.341 e. The standard InChI is InChI=1S/C19H22N2O3S2/c1-3-21-10-9-14-15(12-21)26-18(17(14)19(23)24-4-2)20-16(22)8-7-13-6-5-11-25-13/h5-8,11H,3-4,9-10,12H2,1-2H3,(H,20,22). The van der Waals surface area contributed by atoms with Crippen LogP contribution in [0.15, 0.2) is 23.6 Å². The zero-order valence-electron chi connectivity index (χ0n) is 14.9. The van der Waals surface area contributed by atoms with Gasteiger partial charge in [-0.2, -0.15) is 0 Å². The van der Waals surface area contributed by atoms with Crippen molar-refractivity contribution in [2.24, 2.45) is 0 Å². The van der Waals surface area contributed by atoms with E-state index in [1.54, 1.807) is 24.3 Å². The van der Waals surface area contributed by atoms with Crippen molar-refractivity contribution in [3.05, 3.63) is 44.5 Å². The summed E-state index contributed by atoms with van der Waals surface area (Å²) in [6, 6.07) is 3.88. The minimum absolute atomic E-state index is 0.241. The molecular formula is C19H22N2O3S2. The Kier molecular flexibility index (Phi) is 6.24. The molecule has 0 spiro atoms. The number of carbonyl (C=O) groups is 2. The first kappa shape index (κ1) is 18.8. The first-order valence-corrected chi connectivity index (χ1v) is 10.4. The molecule has 138 valence electrons. The molecule has 0 atom stereocenters. The van der Waals surface area contributed by atoms with Crippen molar-refractivity contribution < 1.29 is 14.3 Å². The van der Waals surface area contributed by atoms with E-state index < -0.39 is 0 Å². The van der Waals surface area contributed by atoms with E-state index >= 15 is 0 Å². The predicted molar refractivity (Wildman–Crippen MR) is 107 cm³/mol. The average Bonchev–Trinajstić information content (AvgIpc) is 3.26. The van der Waals surface area contributed by atoms with Crippen LogP contribution in [-0.4, -0.2) is 36.5 Å². The molecule has 0 saturated heterocycles. The normalized spacial score (nSPS) is 14.4. The van der Waals surface area contributed by atoms with Crippen molar-refractivity contribution >= 4 is 45.6 Å². The lowest BCUT2D eigenvalue weighted by Gasteiger charge is -2.25. The van der Waals surface area contributed by atoms with E-state index in [2.05, 4.69) is 17.1 Å². The van der Waals surface area contributed by atoms with Gasteiger partial charge in [0.25, 0.3) is 0 Å². The molecule has 1 aliphatic rings. The molecule has 26 heavy (non-hydrogen) atoms. The number of nitrogens with one attached hydrogen (secondary N) is 1. The lowest BCUT2D eigenvalue weighted by Crippen LogP contribution is -2.30. The molecule has 0 radical (unpaired) electrons. The molecule has 3 rings (SSSR count). The van der Waals surface area contributed by atoms with Crippen LogP contribution in [0.2, 0.25) is 0 Å². The van der Waals surface area contributed by atoms with Gasteiger partial charge < -0.3 is 10.1 Å². The topological polar surface area (TPSA) is 58.6 Å². The highest BCUT2D eigenvalue weighted by molar-refractivity contribution is 7.17. The van der Waals surface area contributed by atoms with Crippen LogP contribution in [-0.2, 0) is 22.5 Å². The van der Waals surface area contributed by atoms with Crippen LogP contribution in [0.1, 0.15) is 39.5 Å².